The van der Waals surface area contributed by atoms with Gasteiger partial charge in [-0.2, -0.15) is 0 Å². The van der Waals surface area contributed by atoms with E-state index < -0.39 is 0 Å². The first kappa shape index (κ1) is 19.3. The second kappa shape index (κ2) is 10.9. The molecule has 0 aliphatic carbocycles. The zero-order valence-electron chi connectivity index (χ0n) is 15.5. The number of hydrogen-bond donors (Lipinski definition) is 0. The van der Waals surface area contributed by atoms with E-state index in [1.165, 1.54) is 64.2 Å². The summed E-state index contributed by atoms with van der Waals surface area (Å²) in [7, 11) is 0. The average molecular weight is 303 g/mol. The van der Waals surface area contributed by atoms with Gasteiger partial charge >= 0.3 is 0 Å². The van der Waals surface area contributed by atoms with E-state index in [0.29, 0.717) is 5.41 Å². The van der Waals surface area contributed by atoms with Gasteiger partial charge in [0, 0.05) is 0 Å². The van der Waals surface area contributed by atoms with Crippen LogP contribution in [0, 0.1) is 5.41 Å². The van der Waals surface area contributed by atoms with Crippen LogP contribution < -0.4 is 0 Å². The maximum absolute atomic E-state index is 2.39. The second-order valence-electron chi connectivity index (χ2n) is 6.94. The molecule has 0 N–H and O–H groups in total. The molecule has 0 spiro atoms. The Balaban J connectivity index is 2.71. The summed E-state index contributed by atoms with van der Waals surface area (Å²) in [5.41, 5.74) is 2.06. The second-order valence-corrected chi connectivity index (χ2v) is 6.94. The highest BCUT2D eigenvalue weighted by Gasteiger charge is 2.34. The van der Waals surface area contributed by atoms with Gasteiger partial charge < -0.3 is 0 Å². The SMILES string of the molecule is CCCCCCCCC(c1ccccc1)C(CC)(CC)CC. The van der Waals surface area contributed by atoms with Gasteiger partial charge in [-0.3, -0.25) is 0 Å². The molecule has 1 aromatic rings. The van der Waals surface area contributed by atoms with Crippen molar-refractivity contribution in [2.45, 2.75) is 97.8 Å². The van der Waals surface area contributed by atoms with Crippen molar-refractivity contribution in [3.8, 4) is 0 Å². The van der Waals surface area contributed by atoms with Crippen LogP contribution in [-0.4, -0.2) is 0 Å². The molecule has 0 amide bonds. The molecule has 1 atom stereocenters. The Morgan fingerprint density at radius 3 is 1.82 bits per heavy atom. The van der Waals surface area contributed by atoms with Crippen molar-refractivity contribution in [1.29, 1.82) is 0 Å². The van der Waals surface area contributed by atoms with Crippen molar-refractivity contribution in [1.82, 2.24) is 0 Å². The van der Waals surface area contributed by atoms with E-state index in [-0.39, 0.29) is 0 Å². The van der Waals surface area contributed by atoms with E-state index in [1.807, 2.05) is 0 Å². The molecule has 0 aliphatic rings. The van der Waals surface area contributed by atoms with Gasteiger partial charge in [0.05, 0.1) is 0 Å². The first-order chi connectivity index (χ1) is 10.7. The van der Waals surface area contributed by atoms with Crippen LogP contribution in [0.1, 0.15) is 103 Å². The monoisotopic (exact) mass is 302 g/mol. The van der Waals surface area contributed by atoms with Gasteiger partial charge in [-0.25, -0.2) is 0 Å². The minimum Gasteiger partial charge on any atom is -0.0654 e. The standard InChI is InChI=1S/C22H38/c1-5-9-10-11-12-16-19-21(20-17-14-13-15-18-20)22(6-2,7-3)8-4/h13-15,17-18,21H,5-12,16,19H2,1-4H3. The van der Waals surface area contributed by atoms with Crippen molar-refractivity contribution in [2.75, 3.05) is 0 Å². The van der Waals surface area contributed by atoms with Crippen LogP contribution in [0.25, 0.3) is 0 Å². The molecule has 0 radical (unpaired) electrons. The van der Waals surface area contributed by atoms with Crippen molar-refractivity contribution in [3.63, 3.8) is 0 Å². The maximum atomic E-state index is 2.39. The van der Waals surface area contributed by atoms with E-state index >= 15 is 0 Å². The predicted octanol–water partition coefficient (Wildman–Crippen LogP) is 7.74. The molecule has 1 aromatic carbocycles. The normalized spacial score (nSPS) is 13.3. The highest BCUT2D eigenvalue weighted by molar-refractivity contribution is 5.22. The van der Waals surface area contributed by atoms with Crippen molar-refractivity contribution in [3.05, 3.63) is 35.9 Å². The summed E-state index contributed by atoms with van der Waals surface area (Å²) in [4.78, 5) is 0. The van der Waals surface area contributed by atoms with Crippen LogP contribution in [0.5, 0.6) is 0 Å². The molecule has 0 saturated heterocycles. The molecular weight excluding hydrogens is 264 g/mol. The van der Waals surface area contributed by atoms with E-state index in [2.05, 4.69) is 58.0 Å². The van der Waals surface area contributed by atoms with Crippen LogP contribution >= 0.6 is 0 Å². The fraction of sp³-hybridized carbons (Fsp3) is 0.727. The van der Waals surface area contributed by atoms with Gasteiger partial charge in [-0.1, -0.05) is 96.6 Å². The molecule has 22 heavy (non-hydrogen) atoms. The number of rotatable bonds is 12. The quantitative estimate of drug-likeness (QED) is 0.346. The van der Waals surface area contributed by atoms with Gasteiger partial charge in [0.25, 0.3) is 0 Å². The fourth-order valence-corrected chi connectivity index (χ4v) is 4.13. The Hall–Kier alpha value is -0.780. The van der Waals surface area contributed by atoms with Crippen LogP contribution in [0.15, 0.2) is 30.3 Å². The molecule has 1 rings (SSSR count). The topological polar surface area (TPSA) is 0 Å². The molecular formula is C22H38. The lowest BCUT2D eigenvalue weighted by Gasteiger charge is -2.40. The van der Waals surface area contributed by atoms with Gasteiger partial charge in [0.2, 0.25) is 0 Å². The number of hydrogen-bond acceptors (Lipinski definition) is 0. The van der Waals surface area contributed by atoms with Gasteiger partial charge in [-0.05, 0) is 42.6 Å². The highest BCUT2D eigenvalue weighted by Crippen LogP contribution is 2.47. The summed E-state index contributed by atoms with van der Waals surface area (Å²) in [6.07, 6.45) is 13.7. The molecule has 1 unspecified atom stereocenters. The smallest absolute Gasteiger partial charge is 0.0106 e. The third kappa shape index (κ3) is 5.45. The van der Waals surface area contributed by atoms with Crippen LogP contribution in [0.3, 0.4) is 0 Å². The van der Waals surface area contributed by atoms with Crippen LogP contribution in [0.2, 0.25) is 0 Å². The Morgan fingerprint density at radius 1 is 0.727 bits per heavy atom. The van der Waals surface area contributed by atoms with E-state index in [0.717, 1.165) is 5.92 Å². The van der Waals surface area contributed by atoms with Gasteiger partial charge in [0.15, 0.2) is 0 Å². The summed E-state index contributed by atoms with van der Waals surface area (Å²) in [5.74, 6) is 0.736. The van der Waals surface area contributed by atoms with E-state index in [1.54, 1.807) is 5.56 Å². The lowest BCUT2D eigenvalue weighted by molar-refractivity contribution is 0.179. The van der Waals surface area contributed by atoms with Crippen molar-refractivity contribution < 1.29 is 0 Å². The Bertz CT molecular complexity index is 353. The predicted molar refractivity (Wildman–Crippen MR) is 100 cm³/mol. The van der Waals surface area contributed by atoms with Gasteiger partial charge in [0.1, 0.15) is 0 Å². The third-order valence-electron chi connectivity index (χ3n) is 5.90. The molecule has 0 aliphatic heterocycles. The zero-order chi connectivity index (χ0) is 16.3. The van der Waals surface area contributed by atoms with E-state index in [4.69, 9.17) is 0 Å². The fourth-order valence-electron chi connectivity index (χ4n) is 4.13. The van der Waals surface area contributed by atoms with Crippen LogP contribution in [-0.2, 0) is 0 Å². The lowest BCUT2D eigenvalue weighted by atomic mass is 9.65. The summed E-state index contributed by atoms with van der Waals surface area (Å²) >= 11 is 0. The molecule has 0 heteroatoms. The first-order valence-electron chi connectivity index (χ1n) is 9.79. The molecule has 0 fully saturated rings. The third-order valence-corrected chi connectivity index (χ3v) is 5.90. The molecule has 0 heterocycles. The Labute approximate surface area is 139 Å². The maximum Gasteiger partial charge on any atom is -0.0106 e. The average Bonchev–Trinajstić information content (AvgIpc) is 2.58. The summed E-state index contributed by atoms with van der Waals surface area (Å²) < 4.78 is 0. The number of benzene rings is 1. The first-order valence-corrected chi connectivity index (χ1v) is 9.79. The minimum absolute atomic E-state index is 0.491. The summed E-state index contributed by atoms with van der Waals surface area (Å²) in [5, 5.41) is 0. The Morgan fingerprint density at radius 2 is 1.27 bits per heavy atom. The molecule has 0 aromatic heterocycles. The summed E-state index contributed by atoms with van der Waals surface area (Å²) in [6, 6.07) is 11.3. The van der Waals surface area contributed by atoms with E-state index in [9.17, 15) is 0 Å². The summed E-state index contributed by atoms with van der Waals surface area (Å²) in [6.45, 7) is 9.47. The zero-order valence-corrected chi connectivity index (χ0v) is 15.5. The molecule has 0 nitrogen and oxygen atoms in total. The largest absolute Gasteiger partial charge is 0.0654 e. The molecule has 126 valence electrons. The Kier molecular flexibility index (Phi) is 9.52. The van der Waals surface area contributed by atoms with Crippen molar-refractivity contribution >= 4 is 0 Å². The van der Waals surface area contributed by atoms with Crippen molar-refractivity contribution in [2.24, 2.45) is 5.41 Å². The minimum atomic E-state index is 0.491. The lowest BCUT2D eigenvalue weighted by Crippen LogP contribution is -2.27. The van der Waals surface area contributed by atoms with Gasteiger partial charge in [-0.15, -0.1) is 0 Å². The van der Waals surface area contributed by atoms with Crippen LogP contribution in [0.4, 0.5) is 0 Å². The highest BCUT2D eigenvalue weighted by atomic mass is 14.4. The number of unbranched alkanes of at least 4 members (excludes halogenated alkanes) is 5. The molecule has 0 saturated carbocycles. The molecule has 0 bridgehead atoms.